The van der Waals surface area contributed by atoms with Crippen molar-refractivity contribution in [1.29, 1.82) is 0 Å². The molecule has 0 fully saturated rings. The molecule has 0 saturated carbocycles. The predicted octanol–water partition coefficient (Wildman–Crippen LogP) is 4.43. The minimum atomic E-state index is -3.68. The molecule has 7 heteroatoms. The van der Waals surface area contributed by atoms with Crippen LogP contribution in [-0.4, -0.2) is 39.1 Å². The van der Waals surface area contributed by atoms with Gasteiger partial charge in [-0.05, 0) is 72.3 Å². The number of sulfonamides is 1. The molecule has 0 atom stereocenters. The number of fused-ring (bicyclic) bond motifs is 1. The monoisotopic (exact) mass is 452 g/mol. The molecule has 0 aliphatic carbocycles. The lowest BCUT2D eigenvalue weighted by molar-refractivity contribution is 0.0734. The highest BCUT2D eigenvalue weighted by atomic mass is 32.2. The van der Waals surface area contributed by atoms with Crippen molar-refractivity contribution in [2.24, 2.45) is 0 Å². The molecule has 3 aromatic carbocycles. The number of benzene rings is 3. The van der Waals surface area contributed by atoms with Gasteiger partial charge in [-0.3, -0.25) is 9.10 Å². The highest BCUT2D eigenvalue weighted by Gasteiger charge is 2.24. The zero-order valence-electron chi connectivity index (χ0n) is 17.5. The molecule has 0 unspecified atom stereocenters. The van der Waals surface area contributed by atoms with Gasteiger partial charge in [0.1, 0.15) is 0 Å². The highest BCUT2D eigenvalue weighted by molar-refractivity contribution is 7.98. The molecule has 5 nitrogen and oxygen atoms in total. The van der Waals surface area contributed by atoms with Gasteiger partial charge in [-0.2, -0.15) is 0 Å². The standard InChI is InChI=1S/C24H24N2O3S2/c1-25(31(28,29)23-13-11-22(30-2)12-14-23)21-9-7-19(8-10-21)24(27)26-16-15-18-5-3-4-6-20(18)17-26/h3-14H,15-17H2,1-2H3. The fourth-order valence-electron chi connectivity index (χ4n) is 3.71. The molecule has 160 valence electrons. The zero-order chi connectivity index (χ0) is 22.0. The Bertz CT molecular complexity index is 1190. The van der Waals surface area contributed by atoms with Crippen molar-refractivity contribution in [1.82, 2.24) is 4.90 Å². The molecule has 1 aliphatic rings. The number of amides is 1. The van der Waals surface area contributed by atoms with Crippen molar-refractivity contribution in [2.75, 3.05) is 24.2 Å². The second-order valence-corrected chi connectivity index (χ2v) is 10.3. The van der Waals surface area contributed by atoms with Gasteiger partial charge in [-0.15, -0.1) is 11.8 Å². The van der Waals surface area contributed by atoms with Crippen LogP contribution in [0.1, 0.15) is 21.5 Å². The Hall–Kier alpha value is -2.77. The summed E-state index contributed by atoms with van der Waals surface area (Å²) in [6, 6.07) is 21.8. The maximum absolute atomic E-state index is 13.0. The lowest BCUT2D eigenvalue weighted by atomic mass is 9.99. The number of carbonyl (C=O) groups is 1. The molecule has 4 rings (SSSR count). The van der Waals surface area contributed by atoms with Crippen LogP contribution in [0.5, 0.6) is 0 Å². The molecule has 0 spiro atoms. The van der Waals surface area contributed by atoms with E-state index in [2.05, 4.69) is 12.1 Å². The van der Waals surface area contributed by atoms with Crippen LogP contribution in [0.4, 0.5) is 5.69 Å². The van der Waals surface area contributed by atoms with Crippen molar-refractivity contribution in [3.63, 3.8) is 0 Å². The summed E-state index contributed by atoms with van der Waals surface area (Å²) in [5.41, 5.74) is 3.53. The molecule has 0 bridgehead atoms. The zero-order valence-corrected chi connectivity index (χ0v) is 19.1. The average Bonchev–Trinajstić information content (AvgIpc) is 2.83. The Morgan fingerprint density at radius 3 is 2.23 bits per heavy atom. The van der Waals surface area contributed by atoms with Crippen LogP contribution in [0.25, 0.3) is 0 Å². The van der Waals surface area contributed by atoms with Gasteiger partial charge < -0.3 is 4.90 Å². The van der Waals surface area contributed by atoms with E-state index >= 15 is 0 Å². The Morgan fingerprint density at radius 2 is 1.58 bits per heavy atom. The van der Waals surface area contributed by atoms with Crippen LogP contribution < -0.4 is 4.31 Å². The van der Waals surface area contributed by atoms with E-state index in [-0.39, 0.29) is 10.8 Å². The first-order valence-corrected chi connectivity index (χ1v) is 12.7. The summed E-state index contributed by atoms with van der Waals surface area (Å²) in [6.07, 6.45) is 2.79. The fourth-order valence-corrected chi connectivity index (χ4v) is 5.31. The Kier molecular flexibility index (Phi) is 6.07. The number of anilines is 1. The molecule has 1 aliphatic heterocycles. The summed E-state index contributed by atoms with van der Waals surface area (Å²) < 4.78 is 27.2. The van der Waals surface area contributed by atoms with Crippen LogP contribution in [0.3, 0.4) is 0 Å². The molecular weight excluding hydrogens is 428 g/mol. The van der Waals surface area contributed by atoms with E-state index in [1.165, 1.54) is 22.5 Å². The number of thioether (sulfide) groups is 1. The second kappa shape index (κ2) is 8.77. The van der Waals surface area contributed by atoms with Gasteiger partial charge in [0.25, 0.3) is 15.9 Å². The summed E-state index contributed by atoms with van der Waals surface area (Å²) in [5.74, 6) is -0.0424. The smallest absolute Gasteiger partial charge is 0.264 e. The van der Waals surface area contributed by atoms with E-state index in [4.69, 9.17) is 0 Å². The molecule has 0 saturated heterocycles. The molecule has 0 radical (unpaired) electrons. The molecule has 31 heavy (non-hydrogen) atoms. The van der Waals surface area contributed by atoms with Gasteiger partial charge in [0.15, 0.2) is 0 Å². The van der Waals surface area contributed by atoms with Gasteiger partial charge >= 0.3 is 0 Å². The van der Waals surface area contributed by atoms with Gasteiger partial charge in [0, 0.05) is 30.6 Å². The first-order chi connectivity index (χ1) is 14.9. The van der Waals surface area contributed by atoms with E-state index in [1.54, 1.807) is 60.3 Å². The van der Waals surface area contributed by atoms with E-state index < -0.39 is 10.0 Å². The van der Waals surface area contributed by atoms with Crippen molar-refractivity contribution >= 4 is 33.4 Å². The molecule has 0 N–H and O–H groups in total. The van der Waals surface area contributed by atoms with Gasteiger partial charge in [-0.1, -0.05) is 24.3 Å². The number of hydrogen-bond acceptors (Lipinski definition) is 4. The van der Waals surface area contributed by atoms with Gasteiger partial charge in [0.05, 0.1) is 10.6 Å². The summed E-state index contributed by atoms with van der Waals surface area (Å²) in [4.78, 5) is 16.0. The molecular formula is C24H24N2O3S2. The van der Waals surface area contributed by atoms with Crippen LogP contribution >= 0.6 is 11.8 Å². The van der Waals surface area contributed by atoms with E-state index in [0.29, 0.717) is 24.3 Å². The van der Waals surface area contributed by atoms with E-state index in [9.17, 15) is 13.2 Å². The highest BCUT2D eigenvalue weighted by Crippen LogP contribution is 2.25. The van der Waals surface area contributed by atoms with Crippen LogP contribution in [0.2, 0.25) is 0 Å². The predicted molar refractivity (Wildman–Crippen MR) is 125 cm³/mol. The number of nitrogens with zero attached hydrogens (tertiary/aromatic N) is 2. The summed E-state index contributed by atoms with van der Waals surface area (Å²) in [5, 5.41) is 0. The Labute approximate surface area is 187 Å². The third-order valence-electron chi connectivity index (χ3n) is 5.61. The Balaban J connectivity index is 1.50. The van der Waals surface area contributed by atoms with Crippen molar-refractivity contribution in [3.8, 4) is 0 Å². The maximum atomic E-state index is 13.0. The molecule has 0 aromatic heterocycles. The topological polar surface area (TPSA) is 57.7 Å². The third-order valence-corrected chi connectivity index (χ3v) is 8.16. The molecule has 1 amide bonds. The van der Waals surface area contributed by atoms with Crippen molar-refractivity contribution < 1.29 is 13.2 Å². The largest absolute Gasteiger partial charge is 0.334 e. The minimum Gasteiger partial charge on any atom is -0.334 e. The lowest BCUT2D eigenvalue weighted by Gasteiger charge is -2.29. The van der Waals surface area contributed by atoms with Crippen LogP contribution in [0, 0.1) is 0 Å². The SMILES string of the molecule is CSc1ccc(S(=O)(=O)N(C)c2ccc(C(=O)N3CCc4ccccc4C3)cc2)cc1. The number of carbonyl (C=O) groups excluding carboxylic acids is 1. The van der Waals surface area contributed by atoms with Crippen LogP contribution in [-0.2, 0) is 23.0 Å². The van der Waals surface area contributed by atoms with E-state index in [0.717, 1.165) is 11.3 Å². The van der Waals surface area contributed by atoms with E-state index in [1.807, 2.05) is 23.3 Å². The first kappa shape index (κ1) is 21.5. The number of hydrogen-bond donors (Lipinski definition) is 0. The van der Waals surface area contributed by atoms with Crippen LogP contribution in [0.15, 0.2) is 82.6 Å². The summed E-state index contributed by atoms with van der Waals surface area (Å²) in [7, 11) is -2.15. The van der Waals surface area contributed by atoms with Crippen molar-refractivity contribution in [3.05, 3.63) is 89.5 Å². The average molecular weight is 453 g/mol. The minimum absolute atomic E-state index is 0.0424. The first-order valence-electron chi connectivity index (χ1n) is 9.99. The second-order valence-electron chi connectivity index (χ2n) is 7.44. The molecule has 3 aromatic rings. The quantitative estimate of drug-likeness (QED) is 0.538. The van der Waals surface area contributed by atoms with Gasteiger partial charge in [0.2, 0.25) is 0 Å². The molecule has 1 heterocycles. The normalized spacial score (nSPS) is 13.5. The third kappa shape index (κ3) is 4.34. The van der Waals surface area contributed by atoms with Gasteiger partial charge in [-0.25, -0.2) is 8.42 Å². The summed E-state index contributed by atoms with van der Waals surface area (Å²) in [6.45, 7) is 1.27. The number of rotatable bonds is 5. The maximum Gasteiger partial charge on any atom is 0.264 e. The van der Waals surface area contributed by atoms with Crippen molar-refractivity contribution in [2.45, 2.75) is 22.8 Å². The Morgan fingerprint density at radius 1 is 0.935 bits per heavy atom. The fraction of sp³-hybridized carbons (Fsp3) is 0.208. The summed E-state index contributed by atoms with van der Waals surface area (Å²) >= 11 is 1.56. The lowest BCUT2D eigenvalue weighted by Crippen LogP contribution is -2.36.